The van der Waals surface area contributed by atoms with E-state index in [1.165, 1.54) is 0 Å². The maximum atomic E-state index is 10.7. The lowest BCUT2D eigenvalue weighted by Crippen LogP contribution is -2.35. The maximum Gasteiger partial charge on any atom is 0.320 e. The lowest BCUT2D eigenvalue weighted by atomic mass is 10.1. The highest BCUT2D eigenvalue weighted by Gasteiger charge is 2.22. The molecule has 0 saturated heterocycles. The zero-order valence-corrected chi connectivity index (χ0v) is 11.6. The molecule has 1 aromatic rings. The highest BCUT2D eigenvalue weighted by Crippen LogP contribution is 2.31. The molecular formula is C10H15BrN2O2S. The van der Waals surface area contributed by atoms with Gasteiger partial charge in [0, 0.05) is 20.8 Å². The number of rotatable bonds is 5. The van der Waals surface area contributed by atoms with Crippen molar-refractivity contribution in [2.45, 2.75) is 18.5 Å². The second kappa shape index (κ2) is 5.77. The summed E-state index contributed by atoms with van der Waals surface area (Å²) in [7, 11) is 3.85. The molecule has 6 heteroatoms. The van der Waals surface area contributed by atoms with E-state index in [-0.39, 0.29) is 6.04 Å². The minimum atomic E-state index is -0.956. The van der Waals surface area contributed by atoms with Gasteiger partial charge >= 0.3 is 5.97 Å². The van der Waals surface area contributed by atoms with Crippen molar-refractivity contribution in [1.29, 1.82) is 0 Å². The van der Waals surface area contributed by atoms with E-state index in [2.05, 4.69) is 15.9 Å². The van der Waals surface area contributed by atoms with Gasteiger partial charge in [0.2, 0.25) is 0 Å². The van der Waals surface area contributed by atoms with E-state index in [9.17, 15) is 4.79 Å². The van der Waals surface area contributed by atoms with Crippen LogP contribution in [0.1, 0.15) is 17.3 Å². The summed E-state index contributed by atoms with van der Waals surface area (Å²) in [5, 5.41) is 10.8. The van der Waals surface area contributed by atoms with E-state index in [1.807, 2.05) is 30.4 Å². The topological polar surface area (TPSA) is 66.6 Å². The molecule has 2 atom stereocenters. The Bertz CT molecular complexity index is 367. The second-order valence-electron chi connectivity index (χ2n) is 3.83. The van der Waals surface area contributed by atoms with E-state index in [1.54, 1.807) is 11.3 Å². The fraction of sp³-hybridized carbons (Fsp3) is 0.500. The number of carboxylic acid groups (broad SMARTS) is 1. The Morgan fingerprint density at radius 3 is 2.69 bits per heavy atom. The standard InChI is InChI=1S/C10H15BrN2O2S/c1-13(2)8(4-7(12)10(14)15)9-3-6(11)5-16-9/h3,5,7-8H,4,12H2,1-2H3,(H,14,15). The van der Waals surface area contributed by atoms with Crippen LogP contribution >= 0.6 is 27.3 Å². The summed E-state index contributed by atoms with van der Waals surface area (Å²) < 4.78 is 1.02. The lowest BCUT2D eigenvalue weighted by molar-refractivity contribution is -0.139. The molecule has 0 amide bonds. The largest absolute Gasteiger partial charge is 0.480 e. The molecule has 0 bridgehead atoms. The van der Waals surface area contributed by atoms with Gasteiger partial charge in [0.05, 0.1) is 0 Å². The summed E-state index contributed by atoms with van der Waals surface area (Å²) in [4.78, 5) is 13.9. The number of hydrogen-bond donors (Lipinski definition) is 2. The molecule has 0 aliphatic heterocycles. The van der Waals surface area contributed by atoms with Gasteiger partial charge in [-0.15, -0.1) is 11.3 Å². The number of carbonyl (C=O) groups is 1. The monoisotopic (exact) mass is 306 g/mol. The summed E-state index contributed by atoms with van der Waals surface area (Å²) in [6.45, 7) is 0. The smallest absolute Gasteiger partial charge is 0.320 e. The van der Waals surface area contributed by atoms with Gasteiger partial charge < -0.3 is 15.7 Å². The third-order valence-corrected chi connectivity index (χ3v) is 4.13. The maximum absolute atomic E-state index is 10.7. The van der Waals surface area contributed by atoms with Crippen LogP contribution in [0.15, 0.2) is 15.9 Å². The molecule has 3 N–H and O–H groups in total. The Kier molecular flexibility index (Phi) is 4.91. The molecule has 2 unspecified atom stereocenters. The number of aliphatic carboxylic acids is 1. The van der Waals surface area contributed by atoms with Crippen molar-refractivity contribution in [1.82, 2.24) is 4.90 Å². The molecule has 0 saturated carbocycles. The van der Waals surface area contributed by atoms with Gasteiger partial charge in [-0.3, -0.25) is 4.79 Å². The molecule has 90 valence electrons. The normalized spacial score (nSPS) is 15.1. The molecule has 1 rings (SSSR count). The van der Waals surface area contributed by atoms with Crippen molar-refractivity contribution in [3.8, 4) is 0 Å². The highest BCUT2D eigenvalue weighted by molar-refractivity contribution is 9.10. The molecule has 0 fully saturated rings. The zero-order chi connectivity index (χ0) is 12.3. The van der Waals surface area contributed by atoms with E-state index in [4.69, 9.17) is 10.8 Å². The first-order chi connectivity index (χ1) is 7.41. The summed E-state index contributed by atoms with van der Waals surface area (Å²) in [6.07, 6.45) is 0.412. The molecule has 0 spiro atoms. The number of nitrogens with zero attached hydrogens (tertiary/aromatic N) is 1. The predicted molar refractivity (Wildman–Crippen MR) is 68.7 cm³/mol. The molecule has 1 aromatic heterocycles. The minimum absolute atomic E-state index is 0.0439. The van der Waals surface area contributed by atoms with E-state index in [0.29, 0.717) is 6.42 Å². The number of nitrogens with two attached hydrogens (primary N) is 1. The van der Waals surface area contributed by atoms with Crippen molar-refractivity contribution in [2.75, 3.05) is 14.1 Å². The fourth-order valence-electron chi connectivity index (χ4n) is 1.43. The van der Waals surface area contributed by atoms with Gasteiger partial charge in [-0.2, -0.15) is 0 Å². The number of hydrogen-bond acceptors (Lipinski definition) is 4. The van der Waals surface area contributed by atoms with Gasteiger partial charge in [0.15, 0.2) is 0 Å². The third kappa shape index (κ3) is 3.55. The molecule has 0 aromatic carbocycles. The van der Waals surface area contributed by atoms with Crippen LogP contribution in [-0.2, 0) is 4.79 Å². The van der Waals surface area contributed by atoms with Crippen LogP contribution < -0.4 is 5.73 Å². The first-order valence-corrected chi connectivity index (χ1v) is 6.48. The Morgan fingerprint density at radius 1 is 1.69 bits per heavy atom. The minimum Gasteiger partial charge on any atom is -0.480 e. The summed E-state index contributed by atoms with van der Waals surface area (Å²) in [5.41, 5.74) is 5.57. The third-order valence-electron chi connectivity index (χ3n) is 2.33. The van der Waals surface area contributed by atoms with Crippen LogP contribution in [0.2, 0.25) is 0 Å². The number of halogens is 1. The molecule has 4 nitrogen and oxygen atoms in total. The molecule has 1 heterocycles. The quantitative estimate of drug-likeness (QED) is 0.872. The van der Waals surface area contributed by atoms with E-state index < -0.39 is 12.0 Å². The van der Waals surface area contributed by atoms with Crippen molar-refractivity contribution in [3.63, 3.8) is 0 Å². The van der Waals surface area contributed by atoms with E-state index >= 15 is 0 Å². The molecule has 0 aliphatic carbocycles. The Hall–Kier alpha value is -0.430. The summed E-state index contributed by atoms with van der Waals surface area (Å²) >= 11 is 4.99. The van der Waals surface area contributed by atoms with Gasteiger partial charge in [-0.1, -0.05) is 0 Å². The SMILES string of the molecule is CN(C)C(CC(N)C(=O)O)c1cc(Br)cs1. The van der Waals surface area contributed by atoms with Crippen LogP contribution in [0.4, 0.5) is 0 Å². The number of thiophene rings is 1. The molecular weight excluding hydrogens is 292 g/mol. The summed E-state index contributed by atoms with van der Waals surface area (Å²) in [6, 6.07) is 1.22. The van der Waals surface area contributed by atoms with Crippen LogP contribution in [0.25, 0.3) is 0 Å². The van der Waals surface area contributed by atoms with Crippen LogP contribution in [0.5, 0.6) is 0 Å². The molecule has 16 heavy (non-hydrogen) atoms. The van der Waals surface area contributed by atoms with Crippen molar-refractivity contribution < 1.29 is 9.90 Å². The Labute approximate surface area is 107 Å². The molecule has 0 aliphatic rings. The first kappa shape index (κ1) is 13.6. The fourth-order valence-corrected chi connectivity index (χ4v) is 3.08. The number of carboxylic acids is 1. The lowest BCUT2D eigenvalue weighted by Gasteiger charge is -2.24. The average molecular weight is 307 g/mol. The zero-order valence-electron chi connectivity index (χ0n) is 9.18. The molecule has 0 radical (unpaired) electrons. The van der Waals surface area contributed by atoms with Gasteiger partial charge in [-0.25, -0.2) is 0 Å². The average Bonchev–Trinajstić information content (AvgIpc) is 2.59. The van der Waals surface area contributed by atoms with Crippen molar-refractivity contribution >= 4 is 33.2 Å². The first-order valence-electron chi connectivity index (χ1n) is 4.80. The van der Waals surface area contributed by atoms with Gasteiger partial charge in [0.1, 0.15) is 6.04 Å². The predicted octanol–water partition coefficient (Wildman–Crippen LogP) is 1.92. The van der Waals surface area contributed by atoms with Crippen LogP contribution in [-0.4, -0.2) is 36.1 Å². The Balaban J connectivity index is 2.80. The van der Waals surface area contributed by atoms with Gasteiger partial charge in [0.25, 0.3) is 0 Å². The highest BCUT2D eigenvalue weighted by atomic mass is 79.9. The Morgan fingerprint density at radius 2 is 2.31 bits per heavy atom. The van der Waals surface area contributed by atoms with E-state index in [0.717, 1.165) is 9.35 Å². The summed E-state index contributed by atoms with van der Waals surface area (Å²) in [5.74, 6) is -0.956. The van der Waals surface area contributed by atoms with Crippen molar-refractivity contribution in [2.24, 2.45) is 5.73 Å². The van der Waals surface area contributed by atoms with Gasteiger partial charge in [-0.05, 0) is 42.5 Å². The van der Waals surface area contributed by atoms with Crippen LogP contribution in [0.3, 0.4) is 0 Å². The van der Waals surface area contributed by atoms with Crippen molar-refractivity contribution in [3.05, 3.63) is 20.8 Å². The van der Waals surface area contributed by atoms with Crippen LogP contribution in [0, 0.1) is 0 Å². The second-order valence-corrected chi connectivity index (χ2v) is 5.69.